The predicted octanol–water partition coefficient (Wildman–Crippen LogP) is 6.02. The van der Waals surface area contributed by atoms with Crippen LogP contribution in [0.15, 0.2) is 23.5 Å². The first-order valence-corrected chi connectivity index (χ1v) is 11.1. The van der Waals surface area contributed by atoms with Gasteiger partial charge < -0.3 is 9.47 Å². The summed E-state index contributed by atoms with van der Waals surface area (Å²) in [5, 5.41) is 0. The zero-order valence-electron chi connectivity index (χ0n) is 18.3. The van der Waals surface area contributed by atoms with Crippen LogP contribution >= 0.6 is 0 Å². The second-order valence-electron chi connectivity index (χ2n) is 10.2. The molecule has 0 radical (unpaired) electrons. The van der Waals surface area contributed by atoms with Crippen molar-refractivity contribution in [3.8, 4) is 0 Å². The Morgan fingerprint density at radius 3 is 2.24 bits per heavy atom. The fraction of sp³-hybridized carbons (Fsp3) is 0.739. The molecule has 3 fully saturated rings. The summed E-state index contributed by atoms with van der Waals surface area (Å²) in [7, 11) is 0. The fourth-order valence-electron chi connectivity index (χ4n) is 6.97. The fourth-order valence-corrected chi connectivity index (χ4v) is 6.97. The maximum Gasteiger partial charge on any atom is 0.491 e. The molecular formula is C23H26F6O4. The molecule has 3 saturated carbocycles. The zero-order valence-corrected chi connectivity index (χ0v) is 18.3. The van der Waals surface area contributed by atoms with Crippen molar-refractivity contribution in [2.24, 2.45) is 28.6 Å². The van der Waals surface area contributed by atoms with Crippen LogP contribution in [0.1, 0.15) is 58.8 Å². The van der Waals surface area contributed by atoms with Gasteiger partial charge >= 0.3 is 24.3 Å². The van der Waals surface area contributed by atoms with Gasteiger partial charge in [-0.05, 0) is 80.3 Å². The summed E-state index contributed by atoms with van der Waals surface area (Å²) in [5.74, 6) is -3.97. The second-order valence-corrected chi connectivity index (χ2v) is 10.2. The van der Waals surface area contributed by atoms with Crippen LogP contribution in [0.4, 0.5) is 26.3 Å². The van der Waals surface area contributed by atoms with Crippen LogP contribution in [-0.4, -0.2) is 30.4 Å². The lowest BCUT2D eigenvalue weighted by Crippen LogP contribution is -2.51. The first kappa shape index (κ1) is 24.1. The molecule has 33 heavy (non-hydrogen) atoms. The Morgan fingerprint density at radius 2 is 1.61 bits per heavy atom. The number of hydrogen-bond acceptors (Lipinski definition) is 4. The summed E-state index contributed by atoms with van der Waals surface area (Å²) in [6, 6.07) is 0. The molecule has 0 amide bonds. The van der Waals surface area contributed by atoms with Crippen LogP contribution in [0.2, 0.25) is 0 Å². The van der Waals surface area contributed by atoms with Crippen molar-refractivity contribution in [1.82, 2.24) is 0 Å². The Balaban J connectivity index is 1.50. The number of carbonyl (C=O) groups excluding carboxylic acids is 2. The van der Waals surface area contributed by atoms with E-state index in [1.807, 2.05) is 6.92 Å². The van der Waals surface area contributed by atoms with Crippen molar-refractivity contribution in [3.05, 3.63) is 23.5 Å². The van der Waals surface area contributed by atoms with Crippen molar-refractivity contribution >= 4 is 11.9 Å². The first-order chi connectivity index (χ1) is 15.2. The van der Waals surface area contributed by atoms with E-state index < -0.39 is 35.8 Å². The molecule has 4 aliphatic carbocycles. The summed E-state index contributed by atoms with van der Waals surface area (Å²) < 4.78 is 85.4. The number of fused-ring (bicyclic) bond motifs is 5. The number of ether oxygens (including phenoxy) is 2. The third kappa shape index (κ3) is 4.07. The van der Waals surface area contributed by atoms with Crippen LogP contribution in [0, 0.1) is 28.6 Å². The Labute approximate surface area is 187 Å². The van der Waals surface area contributed by atoms with E-state index in [1.165, 1.54) is 6.08 Å². The van der Waals surface area contributed by atoms with Crippen molar-refractivity contribution in [3.63, 3.8) is 0 Å². The minimum atomic E-state index is -5.07. The predicted molar refractivity (Wildman–Crippen MR) is 103 cm³/mol. The Kier molecular flexibility index (Phi) is 5.68. The van der Waals surface area contributed by atoms with E-state index in [0.29, 0.717) is 32.1 Å². The summed E-state index contributed by atoms with van der Waals surface area (Å²) in [6.45, 7) is 3.98. The van der Waals surface area contributed by atoms with Crippen molar-refractivity contribution < 1.29 is 45.4 Å². The van der Waals surface area contributed by atoms with Gasteiger partial charge in [-0.2, -0.15) is 26.3 Å². The standard InChI is InChI=1S/C23H26F6O4/c1-20-9-7-13(32-18(30)22(24,25)26)11-12(20)3-4-14-15-5-6-17(33-19(31)23(27,28)29)21(15,2)10-8-16(14)20/h7,11,14-17H,3-6,8-10H2,1-2H3/t14?,15?,16?,17-,20-,21-/m0/s1. The van der Waals surface area contributed by atoms with E-state index in [1.54, 1.807) is 6.08 Å². The van der Waals surface area contributed by atoms with Gasteiger partial charge in [0.15, 0.2) is 0 Å². The molecule has 0 N–H and O–H groups in total. The SMILES string of the molecule is C[C@]12CC=C(OC(=O)C(F)(F)F)C=C1CCC1C2CC[C@@]2(C)C1CC[C@@H]2OC(=O)C(F)(F)F. The van der Waals surface area contributed by atoms with Crippen LogP contribution in [0.3, 0.4) is 0 Å². The molecule has 0 saturated heterocycles. The Morgan fingerprint density at radius 1 is 0.939 bits per heavy atom. The monoisotopic (exact) mass is 480 g/mol. The molecule has 184 valence electrons. The number of esters is 2. The Bertz CT molecular complexity index is 904. The molecule has 4 rings (SSSR count). The minimum Gasteiger partial charge on any atom is -0.455 e. The molecule has 0 spiro atoms. The van der Waals surface area contributed by atoms with Crippen molar-refractivity contribution in [2.75, 3.05) is 0 Å². The van der Waals surface area contributed by atoms with Crippen LogP contribution in [0.25, 0.3) is 0 Å². The summed E-state index contributed by atoms with van der Waals surface area (Å²) >= 11 is 0. The lowest BCUT2D eigenvalue weighted by Gasteiger charge is -2.57. The number of rotatable bonds is 2. The molecule has 3 unspecified atom stereocenters. The summed E-state index contributed by atoms with van der Waals surface area (Å²) in [5.41, 5.74) is 0.0920. The Hall–Kier alpha value is -2.00. The zero-order chi connectivity index (χ0) is 24.4. The number of hydrogen-bond donors (Lipinski definition) is 0. The molecule has 0 aromatic rings. The molecule has 6 atom stereocenters. The molecule has 0 aromatic carbocycles. The maximum atomic E-state index is 12.8. The average molecular weight is 480 g/mol. The highest BCUT2D eigenvalue weighted by molar-refractivity contribution is 5.77. The van der Waals surface area contributed by atoms with Crippen molar-refractivity contribution in [2.45, 2.75) is 77.2 Å². The lowest BCUT2D eigenvalue weighted by molar-refractivity contribution is -0.211. The maximum absolute atomic E-state index is 12.8. The van der Waals surface area contributed by atoms with Gasteiger partial charge in [0.05, 0.1) is 0 Å². The number of alkyl halides is 6. The normalized spacial score (nSPS) is 38.3. The molecule has 0 aliphatic heterocycles. The quantitative estimate of drug-likeness (QED) is 0.358. The van der Waals surface area contributed by atoms with Gasteiger partial charge in [0.1, 0.15) is 11.9 Å². The van der Waals surface area contributed by atoms with Crippen LogP contribution in [0.5, 0.6) is 0 Å². The van der Waals surface area contributed by atoms with Gasteiger partial charge in [0.2, 0.25) is 0 Å². The highest BCUT2D eigenvalue weighted by Crippen LogP contribution is 2.65. The number of halogens is 6. The molecule has 10 heteroatoms. The molecule has 0 bridgehead atoms. The van der Waals surface area contributed by atoms with E-state index in [-0.39, 0.29) is 28.9 Å². The van der Waals surface area contributed by atoms with Gasteiger partial charge in [-0.1, -0.05) is 19.4 Å². The largest absolute Gasteiger partial charge is 0.491 e. The molecule has 4 nitrogen and oxygen atoms in total. The lowest BCUT2D eigenvalue weighted by atomic mass is 9.48. The highest BCUT2D eigenvalue weighted by Gasteiger charge is 2.60. The molecule has 4 aliphatic rings. The number of carbonyl (C=O) groups is 2. The highest BCUT2D eigenvalue weighted by atomic mass is 19.4. The van der Waals surface area contributed by atoms with Gasteiger partial charge in [0.25, 0.3) is 0 Å². The van der Waals surface area contributed by atoms with Gasteiger partial charge in [-0.25, -0.2) is 9.59 Å². The summed E-state index contributed by atoms with van der Waals surface area (Å²) in [6.07, 6.45) is -3.63. The van der Waals surface area contributed by atoms with Gasteiger partial charge in [0, 0.05) is 5.41 Å². The third-order valence-corrected chi connectivity index (χ3v) is 8.62. The second kappa shape index (κ2) is 7.77. The number of allylic oxidation sites excluding steroid dienone is 3. The van der Waals surface area contributed by atoms with Gasteiger partial charge in [-0.3, -0.25) is 0 Å². The minimum absolute atomic E-state index is 0.0936. The third-order valence-electron chi connectivity index (χ3n) is 8.62. The van der Waals surface area contributed by atoms with Crippen molar-refractivity contribution in [1.29, 1.82) is 0 Å². The van der Waals surface area contributed by atoms with E-state index in [9.17, 15) is 35.9 Å². The molecule has 0 aromatic heterocycles. The topological polar surface area (TPSA) is 52.6 Å². The molecular weight excluding hydrogens is 454 g/mol. The van der Waals surface area contributed by atoms with E-state index >= 15 is 0 Å². The van der Waals surface area contributed by atoms with E-state index in [0.717, 1.165) is 18.4 Å². The first-order valence-electron chi connectivity index (χ1n) is 11.1. The van der Waals surface area contributed by atoms with E-state index in [4.69, 9.17) is 4.74 Å². The van der Waals surface area contributed by atoms with Crippen LogP contribution < -0.4 is 0 Å². The summed E-state index contributed by atoms with van der Waals surface area (Å²) in [4.78, 5) is 22.7. The smallest absolute Gasteiger partial charge is 0.455 e. The van der Waals surface area contributed by atoms with E-state index in [2.05, 4.69) is 11.7 Å². The molecule has 0 heterocycles. The van der Waals surface area contributed by atoms with Gasteiger partial charge in [-0.15, -0.1) is 0 Å². The average Bonchev–Trinajstić information content (AvgIpc) is 3.03. The van der Waals surface area contributed by atoms with Crippen LogP contribution in [-0.2, 0) is 19.1 Å².